The van der Waals surface area contributed by atoms with Crippen LogP contribution in [0, 0.1) is 5.92 Å². The summed E-state index contributed by atoms with van der Waals surface area (Å²) in [5.74, 6) is -0.562. The maximum atomic E-state index is 11.9. The van der Waals surface area contributed by atoms with E-state index in [1.54, 1.807) is 6.92 Å². The van der Waals surface area contributed by atoms with Gasteiger partial charge in [0.25, 0.3) is 0 Å². The second kappa shape index (κ2) is 7.48. The van der Waals surface area contributed by atoms with Gasteiger partial charge in [-0.05, 0) is 51.6 Å². The number of hydrogen-bond acceptors (Lipinski definition) is 3. The van der Waals surface area contributed by atoms with Gasteiger partial charge in [-0.15, -0.1) is 0 Å². The second-order valence-electron chi connectivity index (χ2n) is 5.69. The summed E-state index contributed by atoms with van der Waals surface area (Å²) in [5, 5.41) is 15.2. The molecule has 1 heterocycles. The fourth-order valence-electron chi connectivity index (χ4n) is 2.60. The van der Waals surface area contributed by atoms with Gasteiger partial charge >= 0.3 is 5.97 Å². The molecule has 1 saturated heterocycles. The third-order valence-corrected chi connectivity index (χ3v) is 3.82. The smallest absolute Gasteiger partial charge is 0.329 e. The minimum atomic E-state index is -1.13. The van der Waals surface area contributed by atoms with Crippen LogP contribution in [0.2, 0.25) is 0 Å². The topological polar surface area (TPSA) is 78.4 Å². The number of carbonyl (C=O) groups is 2. The van der Waals surface area contributed by atoms with Gasteiger partial charge < -0.3 is 15.7 Å². The van der Waals surface area contributed by atoms with E-state index >= 15 is 0 Å². The van der Waals surface area contributed by atoms with Crippen LogP contribution in [0.25, 0.3) is 0 Å². The lowest BCUT2D eigenvalue weighted by Gasteiger charge is -2.27. The molecule has 0 aliphatic carbocycles. The molecule has 2 unspecified atom stereocenters. The van der Waals surface area contributed by atoms with Gasteiger partial charge in [-0.3, -0.25) is 4.79 Å². The van der Waals surface area contributed by atoms with Crippen molar-refractivity contribution in [2.24, 2.45) is 5.92 Å². The van der Waals surface area contributed by atoms with E-state index in [1.165, 1.54) is 0 Å². The van der Waals surface area contributed by atoms with Crippen LogP contribution in [0.4, 0.5) is 0 Å². The molecule has 0 aromatic carbocycles. The van der Waals surface area contributed by atoms with Crippen molar-refractivity contribution in [2.45, 2.75) is 57.9 Å². The number of carboxylic acids is 1. The molecule has 19 heavy (non-hydrogen) atoms. The first-order valence-corrected chi connectivity index (χ1v) is 7.23. The van der Waals surface area contributed by atoms with Crippen LogP contribution in [-0.4, -0.2) is 35.6 Å². The average Bonchev–Trinajstić information content (AvgIpc) is 2.37. The molecule has 1 aliphatic heterocycles. The highest BCUT2D eigenvalue weighted by molar-refractivity contribution is 5.86. The van der Waals surface area contributed by atoms with E-state index < -0.39 is 11.5 Å². The zero-order chi connectivity index (χ0) is 14.3. The van der Waals surface area contributed by atoms with Crippen LogP contribution in [0.5, 0.6) is 0 Å². The second-order valence-corrected chi connectivity index (χ2v) is 5.69. The Bertz CT molecular complexity index is 314. The lowest BCUT2D eigenvalue weighted by atomic mass is 9.93. The molecular weight excluding hydrogens is 244 g/mol. The molecule has 0 aromatic rings. The van der Waals surface area contributed by atoms with Gasteiger partial charge in [0.2, 0.25) is 5.91 Å². The summed E-state index contributed by atoms with van der Waals surface area (Å²) in [6, 6.07) is 0. The average molecular weight is 270 g/mol. The van der Waals surface area contributed by atoms with Crippen LogP contribution < -0.4 is 10.6 Å². The summed E-state index contributed by atoms with van der Waals surface area (Å²) < 4.78 is 0. The molecule has 5 heteroatoms. The number of rotatable bonds is 7. The number of piperidine rings is 1. The third kappa shape index (κ3) is 5.19. The van der Waals surface area contributed by atoms with Crippen molar-refractivity contribution in [1.82, 2.24) is 10.6 Å². The van der Waals surface area contributed by atoms with Crippen LogP contribution in [0.15, 0.2) is 0 Å². The number of carboxylic acid groups (broad SMARTS) is 1. The van der Waals surface area contributed by atoms with Gasteiger partial charge in [0, 0.05) is 6.42 Å². The van der Waals surface area contributed by atoms with Gasteiger partial charge in [-0.25, -0.2) is 4.79 Å². The molecule has 0 radical (unpaired) electrons. The molecule has 0 aromatic heterocycles. The maximum Gasteiger partial charge on any atom is 0.329 e. The van der Waals surface area contributed by atoms with Crippen molar-refractivity contribution in [3.05, 3.63) is 0 Å². The molecule has 1 aliphatic rings. The largest absolute Gasteiger partial charge is 0.480 e. The van der Waals surface area contributed by atoms with Crippen LogP contribution in [-0.2, 0) is 9.59 Å². The van der Waals surface area contributed by atoms with E-state index in [1.807, 2.05) is 6.92 Å². The van der Waals surface area contributed by atoms with Crippen molar-refractivity contribution < 1.29 is 14.7 Å². The van der Waals surface area contributed by atoms with Gasteiger partial charge in [0.05, 0.1) is 0 Å². The fraction of sp³-hybridized carbons (Fsp3) is 0.857. The Balaban J connectivity index is 2.37. The number of hydrogen-bond donors (Lipinski definition) is 3. The molecule has 1 fully saturated rings. The third-order valence-electron chi connectivity index (χ3n) is 3.82. The van der Waals surface area contributed by atoms with E-state index in [2.05, 4.69) is 10.6 Å². The van der Waals surface area contributed by atoms with E-state index in [-0.39, 0.29) is 5.91 Å². The fourth-order valence-corrected chi connectivity index (χ4v) is 2.60. The summed E-state index contributed by atoms with van der Waals surface area (Å²) in [6.45, 7) is 5.54. The van der Waals surface area contributed by atoms with Crippen LogP contribution in [0.3, 0.4) is 0 Å². The Labute approximate surface area is 115 Å². The summed E-state index contributed by atoms with van der Waals surface area (Å²) in [4.78, 5) is 23.1. The minimum Gasteiger partial charge on any atom is -0.480 e. The minimum absolute atomic E-state index is 0.149. The lowest BCUT2D eigenvalue weighted by molar-refractivity contribution is -0.147. The van der Waals surface area contributed by atoms with Gasteiger partial charge in [-0.2, -0.15) is 0 Å². The summed E-state index contributed by atoms with van der Waals surface area (Å²) in [7, 11) is 0. The molecule has 5 nitrogen and oxygen atoms in total. The molecule has 0 bridgehead atoms. The summed E-state index contributed by atoms with van der Waals surface area (Å²) in [6.07, 6.45) is 4.76. The number of nitrogens with one attached hydrogen (secondary N) is 2. The molecule has 110 valence electrons. The van der Waals surface area contributed by atoms with Crippen LogP contribution in [0.1, 0.15) is 52.4 Å². The van der Waals surface area contributed by atoms with Crippen molar-refractivity contribution in [3.63, 3.8) is 0 Å². The van der Waals surface area contributed by atoms with Gasteiger partial charge in [0.1, 0.15) is 5.54 Å². The Morgan fingerprint density at radius 3 is 2.74 bits per heavy atom. The summed E-state index contributed by atoms with van der Waals surface area (Å²) in [5.41, 5.74) is -1.13. The highest BCUT2D eigenvalue weighted by Crippen LogP contribution is 2.17. The zero-order valence-corrected chi connectivity index (χ0v) is 12.0. The Morgan fingerprint density at radius 1 is 1.47 bits per heavy atom. The van der Waals surface area contributed by atoms with Crippen molar-refractivity contribution in [3.8, 4) is 0 Å². The van der Waals surface area contributed by atoms with E-state index in [4.69, 9.17) is 0 Å². The van der Waals surface area contributed by atoms with E-state index in [0.29, 0.717) is 18.8 Å². The Morgan fingerprint density at radius 2 is 2.21 bits per heavy atom. The predicted octanol–water partition coefficient (Wildman–Crippen LogP) is 1.53. The van der Waals surface area contributed by atoms with Gasteiger partial charge in [-0.1, -0.05) is 13.3 Å². The Hall–Kier alpha value is -1.10. The molecule has 2 atom stereocenters. The number of aliphatic carboxylic acids is 1. The maximum absolute atomic E-state index is 11.9. The van der Waals surface area contributed by atoms with Crippen molar-refractivity contribution in [1.29, 1.82) is 0 Å². The van der Waals surface area contributed by atoms with Gasteiger partial charge in [0.15, 0.2) is 0 Å². The standard InChI is InChI=1S/C14H26N2O3/c1-3-8-14(2,13(18)19)16-12(17)7-6-11-5-4-9-15-10-11/h11,15H,3-10H2,1-2H3,(H,16,17)(H,18,19). The predicted molar refractivity (Wildman–Crippen MR) is 73.9 cm³/mol. The molecule has 0 spiro atoms. The monoisotopic (exact) mass is 270 g/mol. The lowest BCUT2D eigenvalue weighted by Crippen LogP contribution is -2.52. The van der Waals surface area contributed by atoms with Crippen molar-refractivity contribution in [2.75, 3.05) is 13.1 Å². The first kappa shape index (κ1) is 16.0. The summed E-state index contributed by atoms with van der Waals surface area (Å²) >= 11 is 0. The first-order valence-electron chi connectivity index (χ1n) is 7.23. The van der Waals surface area contributed by atoms with E-state index in [9.17, 15) is 14.7 Å². The number of amides is 1. The molecule has 3 N–H and O–H groups in total. The molecule has 1 amide bonds. The highest BCUT2D eigenvalue weighted by Gasteiger charge is 2.33. The zero-order valence-electron chi connectivity index (χ0n) is 12.0. The molecule has 0 saturated carbocycles. The van der Waals surface area contributed by atoms with Crippen molar-refractivity contribution >= 4 is 11.9 Å². The SMILES string of the molecule is CCCC(C)(NC(=O)CCC1CCCNC1)C(=O)O. The Kier molecular flexibility index (Phi) is 6.28. The first-order chi connectivity index (χ1) is 8.98. The normalized spacial score (nSPS) is 22.5. The number of carbonyl (C=O) groups excluding carboxylic acids is 1. The molecule has 1 rings (SSSR count). The highest BCUT2D eigenvalue weighted by atomic mass is 16.4. The van der Waals surface area contributed by atoms with E-state index in [0.717, 1.165) is 38.8 Å². The quantitative estimate of drug-likeness (QED) is 0.655. The molecular formula is C14H26N2O3. The van der Waals surface area contributed by atoms with Crippen LogP contribution >= 0.6 is 0 Å².